The summed E-state index contributed by atoms with van der Waals surface area (Å²) in [6, 6.07) is 3.56. The van der Waals surface area contributed by atoms with Crippen LogP contribution in [-0.2, 0) is 4.79 Å². The highest BCUT2D eigenvalue weighted by molar-refractivity contribution is 7.12. The minimum Gasteiger partial charge on any atom is -0.355 e. The lowest BCUT2D eigenvalue weighted by molar-refractivity contribution is -0.120. The van der Waals surface area contributed by atoms with Crippen molar-refractivity contribution in [2.75, 3.05) is 45.8 Å². The zero-order valence-electron chi connectivity index (χ0n) is 12.1. The van der Waals surface area contributed by atoms with Crippen LogP contribution in [0.1, 0.15) is 16.1 Å². The Hall–Kier alpha value is -1.44. The van der Waals surface area contributed by atoms with Gasteiger partial charge in [-0.1, -0.05) is 6.07 Å². The fourth-order valence-corrected chi connectivity index (χ4v) is 2.82. The number of carbonyl (C=O) groups is 2. The first-order chi connectivity index (χ1) is 10.3. The molecule has 1 saturated heterocycles. The number of nitrogens with one attached hydrogen (secondary N) is 3. The third kappa shape index (κ3) is 5.82. The van der Waals surface area contributed by atoms with Crippen molar-refractivity contribution in [1.29, 1.82) is 0 Å². The highest BCUT2D eigenvalue weighted by atomic mass is 32.1. The third-order valence-electron chi connectivity index (χ3n) is 3.34. The third-order valence-corrected chi connectivity index (χ3v) is 4.21. The zero-order valence-corrected chi connectivity index (χ0v) is 12.9. The van der Waals surface area contributed by atoms with Gasteiger partial charge in [-0.3, -0.25) is 9.59 Å². The smallest absolute Gasteiger partial charge is 0.261 e. The molecule has 1 fully saturated rings. The summed E-state index contributed by atoms with van der Waals surface area (Å²) in [4.78, 5) is 26.3. The Labute approximate surface area is 128 Å². The summed E-state index contributed by atoms with van der Waals surface area (Å²) < 4.78 is 0. The highest BCUT2D eigenvalue weighted by Crippen LogP contribution is 2.07. The normalized spacial score (nSPS) is 15.6. The summed E-state index contributed by atoms with van der Waals surface area (Å²) in [6.07, 6.45) is 0.935. The van der Waals surface area contributed by atoms with Gasteiger partial charge < -0.3 is 20.9 Å². The first kappa shape index (κ1) is 15.9. The summed E-state index contributed by atoms with van der Waals surface area (Å²) in [6.45, 7) is 5.92. The second kappa shape index (κ2) is 8.76. The molecule has 0 atom stereocenters. The van der Waals surface area contributed by atoms with E-state index in [-0.39, 0.29) is 18.4 Å². The molecule has 1 aliphatic heterocycles. The van der Waals surface area contributed by atoms with E-state index in [1.807, 2.05) is 11.4 Å². The number of thiophene rings is 1. The van der Waals surface area contributed by atoms with Gasteiger partial charge in [-0.15, -0.1) is 11.3 Å². The molecule has 2 heterocycles. The average molecular weight is 310 g/mol. The van der Waals surface area contributed by atoms with E-state index in [9.17, 15) is 9.59 Å². The van der Waals surface area contributed by atoms with Gasteiger partial charge in [0.15, 0.2) is 0 Å². The van der Waals surface area contributed by atoms with E-state index >= 15 is 0 Å². The Kier molecular flexibility index (Phi) is 6.65. The van der Waals surface area contributed by atoms with Crippen molar-refractivity contribution in [3.8, 4) is 0 Å². The fraction of sp³-hybridized carbons (Fsp3) is 0.571. The quantitative estimate of drug-likeness (QED) is 0.615. The first-order valence-corrected chi connectivity index (χ1v) is 8.15. The Bertz CT molecular complexity index is 444. The molecule has 0 aromatic carbocycles. The molecule has 0 unspecified atom stereocenters. The molecule has 0 aliphatic carbocycles. The lowest BCUT2D eigenvalue weighted by Gasteiger charge is -2.27. The van der Waals surface area contributed by atoms with Crippen LogP contribution in [0.3, 0.4) is 0 Å². The van der Waals surface area contributed by atoms with Crippen molar-refractivity contribution in [2.24, 2.45) is 0 Å². The second-order valence-electron chi connectivity index (χ2n) is 4.96. The fourth-order valence-electron chi connectivity index (χ4n) is 2.18. The van der Waals surface area contributed by atoms with Gasteiger partial charge in [0.05, 0.1) is 11.4 Å². The summed E-state index contributed by atoms with van der Waals surface area (Å²) >= 11 is 1.37. The zero-order chi connectivity index (χ0) is 14.9. The molecule has 1 aliphatic rings. The molecular weight excluding hydrogens is 288 g/mol. The Morgan fingerprint density at radius 2 is 2.10 bits per heavy atom. The molecule has 0 bridgehead atoms. The van der Waals surface area contributed by atoms with Crippen LogP contribution in [0.25, 0.3) is 0 Å². The van der Waals surface area contributed by atoms with Crippen LogP contribution in [0.4, 0.5) is 0 Å². The summed E-state index contributed by atoms with van der Waals surface area (Å²) in [5.41, 5.74) is 0. The van der Waals surface area contributed by atoms with Gasteiger partial charge in [-0.05, 0) is 24.4 Å². The molecule has 2 amide bonds. The highest BCUT2D eigenvalue weighted by Gasteiger charge is 2.10. The predicted molar refractivity (Wildman–Crippen MR) is 83.6 cm³/mol. The first-order valence-electron chi connectivity index (χ1n) is 7.27. The molecule has 6 nitrogen and oxygen atoms in total. The van der Waals surface area contributed by atoms with Crippen LogP contribution in [0.15, 0.2) is 17.5 Å². The van der Waals surface area contributed by atoms with Crippen LogP contribution in [0.2, 0.25) is 0 Å². The summed E-state index contributed by atoms with van der Waals surface area (Å²) in [5, 5.41) is 10.6. The SMILES string of the molecule is O=C(CNC(=O)c1cccs1)NCCCN1CCNCC1. The van der Waals surface area contributed by atoms with Gasteiger partial charge in [-0.2, -0.15) is 0 Å². The topological polar surface area (TPSA) is 73.5 Å². The standard InChI is InChI=1S/C14H22N4O2S/c19-13(11-17-14(20)12-3-1-10-21-12)16-4-2-7-18-8-5-15-6-9-18/h1,3,10,15H,2,4-9,11H2,(H,16,19)(H,17,20). The number of carbonyl (C=O) groups excluding carboxylic acids is 2. The van der Waals surface area contributed by atoms with Gasteiger partial charge in [-0.25, -0.2) is 0 Å². The molecule has 3 N–H and O–H groups in total. The van der Waals surface area contributed by atoms with E-state index in [0.717, 1.165) is 39.1 Å². The lowest BCUT2D eigenvalue weighted by atomic mass is 10.3. The van der Waals surface area contributed by atoms with Crippen molar-refractivity contribution in [1.82, 2.24) is 20.9 Å². The van der Waals surface area contributed by atoms with Crippen molar-refractivity contribution < 1.29 is 9.59 Å². The van der Waals surface area contributed by atoms with Crippen LogP contribution < -0.4 is 16.0 Å². The molecule has 21 heavy (non-hydrogen) atoms. The molecule has 7 heteroatoms. The van der Waals surface area contributed by atoms with Crippen LogP contribution >= 0.6 is 11.3 Å². The van der Waals surface area contributed by atoms with Crippen molar-refractivity contribution in [3.63, 3.8) is 0 Å². The molecule has 0 saturated carbocycles. The van der Waals surface area contributed by atoms with Crippen LogP contribution in [0, 0.1) is 0 Å². The van der Waals surface area contributed by atoms with Gasteiger partial charge in [0.1, 0.15) is 0 Å². The van der Waals surface area contributed by atoms with E-state index in [4.69, 9.17) is 0 Å². The minimum absolute atomic E-state index is 0.0321. The summed E-state index contributed by atoms with van der Waals surface area (Å²) in [5.74, 6) is -0.332. The van der Waals surface area contributed by atoms with E-state index in [2.05, 4.69) is 20.9 Å². The molecule has 2 rings (SSSR count). The molecule has 116 valence electrons. The lowest BCUT2D eigenvalue weighted by Crippen LogP contribution is -2.44. The second-order valence-corrected chi connectivity index (χ2v) is 5.90. The van der Waals surface area contributed by atoms with E-state index in [0.29, 0.717) is 11.4 Å². The molecule has 0 spiro atoms. The number of amides is 2. The maximum atomic E-state index is 11.7. The van der Waals surface area contributed by atoms with Crippen molar-refractivity contribution in [3.05, 3.63) is 22.4 Å². The van der Waals surface area contributed by atoms with Gasteiger partial charge in [0, 0.05) is 32.7 Å². The van der Waals surface area contributed by atoms with Crippen LogP contribution in [-0.4, -0.2) is 62.5 Å². The van der Waals surface area contributed by atoms with E-state index in [1.165, 1.54) is 11.3 Å². The van der Waals surface area contributed by atoms with Crippen molar-refractivity contribution >= 4 is 23.2 Å². The van der Waals surface area contributed by atoms with E-state index < -0.39 is 0 Å². The maximum Gasteiger partial charge on any atom is 0.261 e. The number of hydrogen-bond acceptors (Lipinski definition) is 5. The minimum atomic E-state index is -0.194. The van der Waals surface area contributed by atoms with Crippen LogP contribution in [0.5, 0.6) is 0 Å². The summed E-state index contributed by atoms with van der Waals surface area (Å²) in [7, 11) is 0. The average Bonchev–Trinajstić information content (AvgIpc) is 3.05. The molecule has 1 aromatic heterocycles. The largest absolute Gasteiger partial charge is 0.355 e. The number of nitrogens with zero attached hydrogens (tertiary/aromatic N) is 1. The monoisotopic (exact) mass is 310 g/mol. The van der Waals surface area contributed by atoms with Crippen molar-refractivity contribution in [2.45, 2.75) is 6.42 Å². The maximum absolute atomic E-state index is 11.7. The number of rotatable bonds is 7. The van der Waals surface area contributed by atoms with E-state index in [1.54, 1.807) is 6.07 Å². The Morgan fingerprint density at radius 1 is 1.29 bits per heavy atom. The number of piperazine rings is 1. The van der Waals surface area contributed by atoms with Gasteiger partial charge >= 0.3 is 0 Å². The molecule has 0 radical (unpaired) electrons. The van der Waals surface area contributed by atoms with Gasteiger partial charge in [0.2, 0.25) is 5.91 Å². The molecular formula is C14H22N4O2S. The Balaban J connectivity index is 1.52. The van der Waals surface area contributed by atoms with Gasteiger partial charge in [0.25, 0.3) is 5.91 Å². The molecule has 1 aromatic rings. The predicted octanol–water partition coefficient (Wildman–Crippen LogP) is -0.111. The number of hydrogen-bond donors (Lipinski definition) is 3. The Morgan fingerprint density at radius 3 is 2.81 bits per heavy atom.